The van der Waals surface area contributed by atoms with Crippen LogP contribution in [-0.2, 0) is 18.0 Å². The largest absolute Gasteiger partial charge is 0.414 e. The Kier molecular flexibility index (Phi) is 10.5. The van der Waals surface area contributed by atoms with Crippen molar-refractivity contribution in [2.45, 2.75) is 147 Å². The molecule has 1 fully saturated rings. The molecule has 5 atom stereocenters. The number of rotatable bonds is 8. The van der Waals surface area contributed by atoms with Crippen LogP contribution in [0.15, 0.2) is 5.11 Å². The third kappa shape index (κ3) is 8.04. The fourth-order valence-corrected chi connectivity index (χ4v) is 6.98. The molecule has 11 heteroatoms. The molecule has 0 unspecified atom stereocenters. The number of alkyl halides is 1. The minimum atomic E-state index is -2.27. The first kappa shape index (κ1) is 33.1. The molecule has 0 aliphatic carbocycles. The molecular formula is C24H52ClN3O4Si3. The van der Waals surface area contributed by atoms with Crippen molar-refractivity contribution in [1.29, 1.82) is 0 Å². The van der Waals surface area contributed by atoms with Gasteiger partial charge in [0.2, 0.25) is 0 Å². The number of hydrogen-bond donors (Lipinski definition) is 0. The van der Waals surface area contributed by atoms with Crippen molar-refractivity contribution in [3.05, 3.63) is 10.4 Å². The first-order valence-corrected chi connectivity index (χ1v) is 21.9. The molecule has 0 aromatic rings. The zero-order valence-electron chi connectivity index (χ0n) is 24.9. The van der Waals surface area contributed by atoms with Gasteiger partial charge in [-0.3, -0.25) is 0 Å². The number of azide groups is 1. The zero-order chi connectivity index (χ0) is 27.8. The van der Waals surface area contributed by atoms with Crippen LogP contribution in [0.3, 0.4) is 0 Å². The van der Waals surface area contributed by atoms with Gasteiger partial charge in [-0.05, 0) is 59.9 Å². The van der Waals surface area contributed by atoms with Crippen LogP contribution < -0.4 is 0 Å². The molecule has 0 aromatic carbocycles. The van der Waals surface area contributed by atoms with Crippen LogP contribution in [0.4, 0.5) is 0 Å². The summed E-state index contributed by atoms with van der Waals surface area (Å²) in [5, 5.41) is 4.06. The summed E-state index contributed by atoms with van der Waals surface area (Å²) in [6.45, 7) is 33.5. The summed E-state index contributed by atoms with van der Waals surface area (Å²) in [7, 11) is -6.57. The van der Waals surface area contributed by atoms with E-state index in [1.807, 2.05) is 0 Å². The molecule has 1 saturated heterocycles. The highest BCUT2D eigenvalue weighted by Crippen LogP contribution is 2.44. The number of nitrogens with zero attached hydrogens (tertiary/aromatic N) is 3. The lowest BCUT2D eigenvalue weighted by atomic mass is 9.99. The van der Waals surface area contributed by atoms with Crippen molar-refractivity contribution >= 4 is 36.6 Å². The van der Waals surface area contributed by atoms with E-state index in [-0.39, 0.29) is 15.1 Å². The minimum absolute atomic E-state index is 0.0227. The predicted molar refractivity (Wildman–Crippen MR) is 155 cm³/mol. The maximum Gasteiger partial charge on any atom is 0.192 e. The molecule has 0 aromatic heterocycles. The molecular weight excluding hydrogens is 514 g/mol. The first-order chi connectivity index (χ1) is 15.4. The van der Waals surface area contributed by atoms with Gasteiger partial charge < -0.3 is 18.0 Å². The maximum absolute atomic E-state index is 9.37. The number of hydrogen-bond acceptors (Lipinski definition) is 5. The Morgan fingerprint density at radius 2 is 1.17 bits per heavy atom. The molecule has 0 radical (unpaired) electrons. The number of halogens is 1. The lowest BCUT2D eigenvalue weighted by Gasteiger charge is -2.51. The van der Waals surface area contributed by atoms with E-state index in [9.17, 15) is 5.53 Å². The van der Waals surface area contributed by atoms with E-state index in [0.717, 1.165) is 0 Å². The molecule has 0 amide bonds. The smallest absolute Gasteiger partial charge is 0.192 e. The van der Waals surface area contributed by atoms with Gasteiger partial charge in [0.1, 0.15) is 17.7 Å². The Morgan fingerprint density at radius 3 is 1.54 bits per heavy atom. The van der Waals surface area contributed by atoms with E-state index in [1.165, 1.54) is 0 Å². The van der Waals surface area contributed by atoms with E-state index in [1.54, 1.807) is 0 Å². The van der Waals surface area contributed by atoms with Crippen molar-refractivity contribution < 1.29 is 18.0 Å². The topological polar surface area (TPSA) is 85.7 Å². The second-order valence-corrected chi connectivity index (χ2v) is 29.2. The highest BCUT2D eigenvalue weighted by molar-refractivity contribution is 6.75. The third-order valence-corrected chi connectivity index (χ3v) is 22.5. The molecule has 1 aliphatic heterocycles. The van der Waals surface area contributed by atoms with Gasteiger partial charge in [0.05, 0.1) is 18.8 Å². The Balaban J connectivity index is 3.56. The molecule has 0 N–H and O–H groups in total. The van der Waals surface area contributed by atoms with Crippen LogP contribution in [0.1, 0.15) is 62.3 Å². The highest BCUT2D eigenvalue weighted by Gasteiger charge is 2.54. The Bertz CT molecular complexity index is 769. The lowest BCUT2D eigenvalue weighted by Crippen LogP contribution is -2.65. The van der Waals surface area contributed by atoms with Crippen LogP contribution >= 0.6 is 11.6 Å². The van der Waals surface area contributed by atoms with Gasteiger partial charge in [-0.1, -0.05) is 79.0 Å². The van der Waals surface area contributed by atoms with Crippen molar-refractivity contribution in [3.63, 3.8) is 0 Å². The summed E-state index contributed by atoms with van der Waals surface area (Å²) < 4.78 is 26.8. The second-order valence-electron chi connectivity index (χ2n) is 14.5. The molecule has 0 saturated carbocycles. The van der Waals surface area contributed by atoms with Gasteiger partial charge in [0, 0.05) is 4.91 Å². The first-order valence-electron chi connectivity index (χ1n) is 12.7. The van der Waals surface area contributed by atoms with Crippen molar-refractivity contribution in [2.75, 3.05) is 6.61 Å². The molecule has 35 heavy (non-hydrogen) atoms. The summed E-state index contributed by atoms with van der Waals surface area (Å²) in [6, 6.07) is -0.699. The van der Waals surface area contributed by atoms with Gasteiger partial charge >= 0.3 is 0 Å². The summed E-state index contributed by atoms with van der Waals surface area (Å²) in [4.78, 5) is 3.10. The molecule has 1 rings (SSSR count). The molecule has 7 nitrogen and oxygen atoms in total. The SMILES string of the molecule is CC(C)(C)[Si](C)(C)OC[C@H]1O[C@H](Cl)[C@H](N=[N+]=[N-])[C@@H](O[Si](C)(C)C(C)(C)C)[C@H]1O[Si](C)(C)C(C)(C)C. The fraction of sp³-hybridized carbons (Fsp3) is 1.00. The molecule has 1 heterocycles. The van der Waals surface area contributed by atoms with Crippen LogP contribution in [0, 0.1) is 0 Å². The summed E-state index contributed by atoms with van der Waals surface area (Å²) in [5.41, 5.74) is 8.55. The average Bonchev–Trinajstić information content (AvgIpc) is 2.62. The summed E-state index contributed by atoms with van der Waals surface area (Å²) >= 11 is 6.72. The van der Waals surface area contributed by atoms with Crippen LogP contribution in [0.5, 0.6) is 0 Å². The van der Waals surface area contributed by atoms with Gasteiger partial charge in [0.15, 0.2) is 25.0 Å². The van der Waals surface area contributed by atoms with E-state index in [2.05, 4.69) is 112 Å². The van der Waals surface area contributed by atoms with E-state index >= 15 is 0 Å². The average molecular weight is 566 g/mol. The fourth-order valence-electron chi connectivity index (χ4n) is 3.01. The molecule has 206 valence electrons. The van der Waals surface area contributed by atoms with Crippen LogP contribution in [0.2, 0.25) is 54.4 Å². The van der Waals surface area contributed by atoms with Gasteiger partial charge in [-0.25, -0.2) is 0 Å². The van der Waals surface area contributed by atoms with Crippen LogP contribution in [0.25, 0.3) is 10.4 Å². The van der Waals surface area contributed by atoms with Gasteiger partial charge in [-0.2, -0.15) is 0 Å². The third-order valence-electron chi connectivity index (χ3n) is 8.67. The Hall–Kier alpha value is 0.0906. The van der Waals surface area contributed by atoms with Gasteiger partial charge in [0.25, 0.3) is 0 Å². The van der Waals surface area contributed by atoms with Crippen molar-refractivity contribution in [2.24, 2.45) is 5.11 Å². The minimum Gasteiger partial charge on any atom is -0.414 e. The Labute approximate surface area is 223 Å². The lowest BCUT2D eigenvalue weighted by molar-refractivity contribution is -0.156. The summed E-state index contributed by atoms with van der Waals surface area (Å²) in [5.74, 6) is 0. The van der Waals surface area contributed by atoms with Crippen molar-refractivity contribution in [3.8, 4) is 0 Å². The highest BCUT2D eigenvalue weighted by atomic mass is 35.5. The predicted octanol–water partition coefficient (Wildman–Crippen LogP) is 8.43. The van der Waals surface area contributed by atoms with E-state index < -0.39 is 54.9 Å². The zero-order valence-corrected chi connectivity index (χ0v) is 28.7. The normalized spacial score (nSPS) is 27.5. The quantitative estimate of drug-likeness (QED) is 0.0970. The standard InChI is InChI=1S/C24H52ClN3O4Si3/c1-22(2,3)33(10,11)29-16-17-19(31-34(12,13)23(4,5)6)20(18(27-28-26)21(25)30-17)32-35(14,15)24(7,8)9/h17-21H,16H2,1-15H3/t17-,18-,19+,20-,21+/m1/s1. The monoisotopic (exact) mass is 565 g/mol. The van der Waals surface area contributed by atoms with Crippen molar-refractivity contribution in [1.82, 2.24) is 0 Å². The number of ether oxygens (including phenoxy) is 1. The van der Waals surface area contributed by atoms with E-state index in [0.29, 0.717) is 6.61 Å². The van der Waals surface area contributed by atoms with Gasteiger partial charge in [-0.15, -0.1) is 0 Å². The molecule has 0 bridgehead atoms. The second kappa shape index (κ2) is 11.1. The maximum atomic E-state index is 9.37. The van der Waals surface area contributed by atoms with Crippen LogP contribution in [-0.4, -0.2) is 61.5 Å². The molecule has 0 spiro atoms. The molecule has 1 aliphatic rings. The summed E-state index contributed by atoms with van der Waals surface area (Å²) in [6.07, 6.45) is -1.41. The Morgan fingerprint density at radius 1 is 0.771 bits per heavy atom. The van der Waals surface area contributed by atoms with E-state index in [4.69, 9.17) is 29.6 Å².